The van der Waals surface area contributed by atoms with Gasteiger partial charge in [0.05, 0.1) is 6.20 Å². The minimum absolute atomic E-state index is 0.0741. The summed E-state index contributed by atoms with van der Waals surface area (Å²) in [6.45, 7) is 3.36. The lowest BCUT2D eigenvalue weighted by Crippen LogP contribution is -1.93. The molecule has 0 aliphatic rings. The minimum atomic E-state index is -0.519. The summed E-state index contributed by atoms with van der Waals surface area (Å²) >= 11 is 0. The van der Waals surface area contributed by atoms with E-state index in [1.165, 1.54) is 23.3 Å². The molecule has 10 heavy (non-hydrogen) atoms. The molecular formula is C5H5N3O2. The number of nitro groups is 1. The van der Waals surface area contributed by atoms with Crippen molar-refractivity contribution in [3.8, 4) is 0 Å². The van der Waals surface area contributed by atoms with Crippen molar-refractivity contribution in [2.75, 3.05) is 0 Å². The second-order valence-electron chi connectivity index (χ2n) is 1.60. The highest BCUT2D eigenvalue weighted by Gasteiger charge is 2.08. The molecule has 0 saturated carbocycles. The molecule has 0 atom stereocenters. The summed E-state index contributed by atoms with van der Waals surface area (Å²) in [5.74, 6) is -0.0741. The standard InChI is InChI=1S/C5H5N3O2/c1-2-7-4-6-3-5(7)8(9)10/h2-4H,1H2. The highest BCUT2D eigenvalue weighted by Crippen LogP contribution is 2.08. The number of hydrogen-bond acceptors (Lipinski definition) is 3. The first-order valence-corrected chi connectivity index (χ1v) is 2.54. The first-order valence-electron chi connectivity index (χ1n) is 2.54. The molecule has 0 fully saturated rings. The molecule has 0 aliphatic heterocycles. The Balaban J connectivity index is 3.13. The van der Waals surface area contributed by atoms with Crippen LogP contribution in [0.1, 0.15) is 0 Å². The molecule has 52 valence electrons. The lowest BCUT2D eigenvalue weighted by Gasteiger charge is -1.90. The Bertz CT molecular complexity index is 266. The predicted molar refractivity (Wildman–Crippen MR) is 35.3 cm³/mol. The zero-order valence-electron chi connectivity index (χ0n) is 5.10. The normalized spacial score (nSPS) is 9.20. The summed E-state index contributed by atoms with van der Waals surface area (Å²) in [5.41, 5.74) is 0. The topological polar surface area (TPSA) is 61.0 Å². The quantitative estimate of drug-likeness (QED) is 0.451. The van der Waals surface area contributed by atoms with Crippen LogP contribution in [0, 0.1) is 10.1 Å². The van der Waals surface area contributed by atoms with Gasteiger partial charge in [0.2, 0.25) is 0 Å². The van der Waals surface area contributed by atoms with Gasteiger partial charge >= 0.3 is 5.82 Å². The lowest BCUT2D eigenvalue weighted by atomic mass is 10.7. The number of nitrogens with zero attached hydrogens (tertiary/aromatic N) is 3. The third kappa shape index (κ3) is 0.883. The van der Waals surface area contributed by atoms with Crippen LogP contribution < -0.4 is 0 Å². The van der Waals surface area contributed by atoms with Gasteiger partial charge in [-0.15, -0.1) is 0 Å². The Morgan fingerprint density at radius 3 is 3.00 bits per heavy atom. The summed E-state index contributed by atoms with van der Waals surface area (Å²) < 4.78 is 1.24. The largest absolute Gasteiger partial charge is 0.358 e. The first-order chi connectivity index (χ1) is 4.75. The van der Waals surface area contributed by atoms with Gasteiger partial charge in [0.1, 0.15) is 6.20 Å². The highest BCUT2D eigenvalue weighted by atomic mass is 16.6. The molecule has 0 saturated heterocycles. The van der Waals surface area contributed by atoms with Crippen molar-refractivity contribution in [3.05, 3.63) is 29.2 Å². The molecule has 0 aliphatic carbocycles. The summed E-state index contributed by atoms with van der Waals surface area (Å²) in [7, 11) is 0. The maximum atomic E-state index is 10.1. The van der Waals surface area contributed by atoms with E-state index >= 15 is 0 Å². The Labute approximate surface area is 56.8 Å². The number of rotatable bonds is 2. The Morgan fingerprint density at radius 2 is 2.60 bits per heavy atom. The van der Waals surface area contributed by atoms with E-state index in [0.29, 0.717) is 0 Å². The third-order valence-electron chi connectivity index (χ3n) is 1.03. The van der Waals surface area contributed by atoms with Crippen LogP contribution in [0.5, 0.6) is 0 Å². The number of hydrogen-bond donors (Lipinski definition) is 0. The summed E-state index contributed by atoms with van der Waals surface area (Å²) in [5, 5.41) is 10.1. The van der Waals surface area contributed by atoms with Crippen molar-refractivity contribution >= 4 is 12.0 Å². The van der Waals surface area contributed by atoms with Gasteiger partial charge in [-0.2, -0.15) is 4.57 Å². The second kappa shape index (κ2) is 2.30. The average molecular weight is 139 g/mol. The molecule has 1 rings (SSSR count). The van der Waals surface area contributed by atoms with E-state index in [9.17, 15) is 10.1 Å². The van der Waals surface area contributed by atoms with Crippen LogP contribution in [0.15, 0.2) is 19.1 Å². The van der Waals surface area contributed by atoms with Crippen molar-refractivity contribution in [2.45, 2.75) is 0 Å². The summed E-state index contributed by atoms with van der Waals surface area (Å²) in [6.07, 6.45) is 3.82. The molecule has 0 N–H and O–H groups in total. The van der Waals surface area contributed by atoms with Gasteiger partial charge in [-0.25, -0.2) is 4.98 Å². The molecule has 0 bridgehead atoms. The van der Waals surface area contributed by atoms with Crippen molar-refractivity contribution in [3.63, 3.8) is 0 Å². The van der Waals surface area contributed by atoms with Crippen LogP contribution in [-0.2, 0) is 0 Å². The van der Waals surface area contributed by atoms with Crippen molar-refractivity contribution in [1.29, 1.82) is 0 Å². The summed E-state index contributed by atoms with van der Waals surface area (Å²) in [4.78, 5) is 13.2. The third-order valence-corrected chi connectivity index (χ3v) is 1.03. The van der Waals surface area contributed by atoms with Crippen molar-refractivity contribution < 1.29 is 4.92 Å². The second-order valence-corrected chi connectivity index (χ2v) is 1.60. The smallest absolute Gasteiger partial charge is 0.347 e. The van der Waals surface area contributed by atoms with Crippen LogP contribution in [0.4, 0.5) is 5.82 Å². The zero-order valence-corrected chi connectivity index (χ0v) is 5.10. The van der Waals surface area contributed by atoms with Gasteiger partial charge in [0.25, 0.3) is 0 Å². The fraction of sp³-hybridized carbons (Fsp3) is 0. The van der Waals surface area contributed by atoms with Gasteiger partial charge < -0.3 is 10.1 Å². The van der Waals surface area contributed by atoms with Crippen LogP contribution in [-0.4, -0.2) is 14.5 Å². The Hall–Kier alpha value is -1.65. The van der Waals surface area contributed by atoms with Gasteiger partial charge in [0.15, 0.2) is 6.33 Å². The van der Waals surface area contributed by atoms with Crippen LogP contribution in [0.3, 0.4) is 0 Å². The molecule has 0 amide bonds. The molecule has 5 nitrogen and oxygen atoms in total. The first kappa shape index (κ1) is 6.47. The van der Waals surface area contributed by atoms with E-state index in [4.69, 9.17) is 0 Å². The Morgan fingerprint density at radius 1 is 1.90 bits per heavy atom. The molecule has 0 unspecified atom stereocenters. The van der Waals surface area contributed by atoms with E-state index in [-0.39, 0.29) is 5.82 Å². The van der Waals surface area contributed by atoms with E-state index in [1.54, 1.807) is 0 Å². The monoisotopic (exact) mass is 139 g/mol. The maximum absolute atomic E-state index is 10.1. The van der Waals surface area contributed by atoms with Gasteiger partial charge in [-0.3, -0.25) is 0 Å². The minimum Gasteiger partial charge on any atom is -0.358 e. The highest BCUT2D eigenvalue weighted by molar-refractivity contribution is 5.29. The van der Waals surface area contributed by atoms with Crippen LogP contribution in [0.25, 0.3) is 6.20 Å². The van der Waals surface area contributed by atoms with Gasteiger partial charge in [-0.1, -0.05) is 6.58 Å². The molecule has 5 heteroatoms. The van der Waals surface area contributed by atoms with E-state index in [2.05, 4.69) is 11.6 Å². The zero-order chi connectivity index (χ0) is 7.56. The molecule has 1 aromatic heterocycles. The molecule has 1 heterocycles. The van der Waals surface area contributed by atoms with Gasteiger partial charge in [-0.05, 0) is 4.92 Å². The van der Waals surface area contributed by atoms with Crippen LogP contribution >= 0.6 is 0 Å². The van der Waals surface area contributed by atoms with E-state index < -0.39 is 4.92 Å². The molecule has 0 radical (unpaired) electrons. The van der Waals surface area contributed by atoms with Crippen molar-refractivity contribution in [1.82, 2.24) is 9.55 Å². The van der Waals surface area contributed by atoms with E-state index in [0.717, 1.165) is 0 Å². The molecule has 0 spiro atoms. The van der Waals surface area contributed by atoms with Gasteiger partial charge in [0, 0.05) is 0 Å². The Kier molecular flexibility index (Phi) is 1.49. The maximum Gasteiger partial charge on any atom is 0.347 e. The predicted octanol–water partition coefficient (Wildman–Crippen LogP) is 0.892. The lowest BCUT2D eigenvalue weighted by molar-refractivity contribution is -0.390. The molecular weight excluding hydrogens is 134 g/mol. The molecule has 1 aromatic rings. The number of imidazole rings is 1. The fourth-order valence-electron chi connectivity index (χ4n) is 0.580. The summed E-state index contributed by atoms with van der Waals surface area (Å²) in [6, 6.07) is 0. The van der Waals surface area contributed by atoms with Crippen LogP contribution in [0.2, 0.25) is 0 Å². The SMILES string of the molecule is C=Cn1cncc1[N+](=O)[O-]. The average Bonchev–Trinajstić information content (AvgIpc) is 2.33. The molecule has 0 aromatic carbocycles. The number of aromatic nitrogens is 2. The van der Waals surface area contributed by atoms with Crippen molar-refractivity contribution in [2.24, 2.45) is 0 Å². The fourth-order valence-corrected chi connectivity index (χ4v) is 0.580. The van der Waals surface area contributed by atoms with E-state index in [1.807, 2.05) is 0 Å².